The van der Waals surface area contributed by atoms with Gasteiger partial charge in [0.15, 0.2) is 0 Å². The van der Waals surface area contributed by atoms with Crippen LogP contribution < -0.4 is 21.3 Å². The van der Waals surface area contributed by atoms with Gasteiger partial charge in [0.05, 0.1) is 21.1 Å². The summed E-state index contributed by atoms with van der Waals surface area (Å²) in [4.78, 5) is 45.1. The van der Waals surface area contributed by atoms with E-state index in [0.717, 1.165) is 21.1 Å². The Kier molecular flexibility index (Phi) is 7.10. The lowest BCUT2D eigenvalue weighted by Crippen LogP contribution is -2.52. The number of amides is 3. The molecule has 1 aliphatic heterocycles. The molecule has 190 valence electrons. The maximum Gasteiger partial charge on any atom is 0.322 e. The second kappa shape index (κ2) is 10.6. The molecule has 0 bridgehead atoms. The summed E-state index contributed by atoms with van der Waals surface area (Å²) >= 11 is 3.20. The molecule has 2 atom stereocenters. The van der Waals surface area contributed by atoms with E-state index in [1.807, 2.05) is 61.0 Å². The fourth-order valence-electron chi connectivity index (χ4n) is 4.47. The highest BCUT2D eigenvalue weighted by Crippen LogP contribution is 2.28. The van der Waals surface area contributed by atoms with E-state index in [2.05, 4.69) is 41.2 Å². The van der Waals surface area contributed by atoms with Gasteiger partial charge in [0.2, 0.25) is 11.9 Å². The summed E-state index contributed by atoms with van der Waals surface area (Å²) in [6.45, 7) is 3.87. The van der Waals surface area contributed by atoms with Gasteiger partial charge >= 0.3 is 6.03 Å². The van der Waals surface area contributed by atoms with Crippen molar-refractivity contribution in [2.24, 2.45) is 0 Å². The quantitative estimate of drug-likeness (QED) is 0.220. The van der Waals surface area contributed by atoms with Crippen molar-refractivity contribution in [3.63, 3.8) is 0 Å². The molecular weight excluding hydrogens is 508 g/mol. The summed E-state index contributed by atoms with van der Waals surface area (Å²) < 4.78 is 0. The number of nitrogens with zero attached hydrogens (tertiary/aromatic N) is 4. The van der Waals surface area contributed by atoms with Crippen LogP contribution in [0, 0.1) is 0 Å². The number of carbonyl (C=O) groups is 2. The third-order valence-corrected chi connectivity index (χ3v) is 7.72. The molecule has 1 fully saturated rings. The Morgan fingerprint density at radius 2 is 1.35 bits per heavy atom. The minimum Gasteiger partial charge on any atom is -0.352 e. The molecule has 4 aromatic heterocycles. The van der Waals surface area contributed by atoms with Crippen molar-refractivity contribution in [1.82, 2.24) is 30.6 Å². The lowest BCUT2D eigenvalue weighted by Gasteiger charge is -2.32. The fraction of sp³-hybridized carbons (Fsp3) is 0.280. The average molecular weight is 535 g/mol. The van der Waals surface area contributed by atoms with Crippen LogP contribution in [0.15, 0.2) is 59.6 Å². The topological polar surface area (TPSA) is 134 Å². The lowest BCUT2D eigenvalue weighted by atomic mass is 9.85. The predicted molar refractivity (Wildman–Crippen MR) is 145 cm³/mol. The Morgan fingerprint density at radius 3 is 1.76 bits per heavy atom. The third-order valence-electron chi connectivity index (χ3n) is 5.93. The van der Waals surface area contributed by atoms with Crippen LogP contribution in [-0.4, -0.2) is 49.5 Å². The molecule has 0 saturated carbocycles. The molecular formula is C25H26N8O2S2. The summed E-state index contributed by atoms with van der Waals surface area (Å²) in [5.41, 5.74) is 0.528. The lowest BCUT2D eigenvalue weighted by molar-refractivity contribution is -0.124. The van der Waals surface area contributed by atoms with E-state index in [1.165, 1.54) is 0 Å². The average Bonchev–Trinajstić information content (AvgIpc) is 3.62. The van der Waals surface area contributed by atoms with Crippen molar-refractivity contribution in [3.05, 3.63) is 59.6 Å². The molecule has 0 radical (unpaired) electrons. The van der Waals surface area contributed by atoms with Gasteiger partial charge in [-0.2, -0.15) is 0 Å². The number of hydrogen-bond donors (Lipinski definition) is 4. The standard InChI is InChI=1S/C25H26N8O2S2/c1-15(28-22-26-9-7-17(30-22)19-5-3-11-36-19)13-25(21(34)32-24(35)33-25)14-16(2)29-23-27-10-8-18(31-23)20-6-4-12-37-20/h3-12,15-16H,13-14H2,1-2H3,(H,26,28,30)(H,27,29,31)(H2,32,33,34,35). The largest absolute Gasteiger partial charge is 0.352 e. The van der Waals surface area contributed by atoms with E-state index in [4.69, 9.17) is 0 Å². The summed E-state index contributed by atoms with van der Waals surface area (Å²) in [5, 5.41) is 15.8. The molecule has 4 aromatic rings. The van der Waals surface area contributed by atoms with Crippen molar-refractivity contribution < 1.29 is 9.59 Å². The van der Waals surface area contributed by atoms with Crippen LogP contribution in [0.1, 0.15) is 26.7 Å². The zero-order valence-corrected chi connectivity index (χ0v) is 21.9. The van der Waals surface area contributed by atoms with Crippen molar-refractivity contribution in [3.8, 4) is 21.1 Å². The van der Waals surface area contributed by atoms with Gasteiger partial charge in [-0.3, -0.25) is 10.1 Å². The van der Waals surface area contributed by atoms with Crippen molar-refractivity contribution in [2.45, 2.75) is 44.3 Å². The summed E-state index contributed by atoms with van der Waals surface area (Å²) in [6, 6.07) is 10.7. The monoisotopic (exact) mass is 534 g/mol. The molecule has 3 amide bonds. The number of carbonyl (C=O) groups excluding carboxylic acids is 2. The zero-order valence-electron chi connectivity index (χ0n) is 20.3. The van der Waals surface area contributed by atoms with E-state index in [1.54, 1.807) is 35.1 Å². The van der Waals surface area contributed by atoms with Crippen LogP contribution in [0.5, 0.6) is 0 Å². The van der Waals surface area contributed by atoms with Gasteiger partial charge in [-0.05, 0) is 61.7 Å². The van der Waals surface area contributed by atoms with Crippen LogP contribution in [0.4, 0.5) is 16.7 Å². The van der Waals surface area contributed by atoms with E-state index in [9.17, 15) is 9.59 Å². The summed E-state index contributed by atoms with van der Waals surface area (Å²) in [7, 11) is 0. The second-order valence-electron chi connectivity index (χ2n) is 8.97. The minimum absolute atomic E-state index is 0.214. The van der Waals surface area contributed by atoms with Crippen molar-refractivity contribution in [2.75, 3.05) is 10.6 Å². The molecule has 0 aromatic carbocycles. The molecule has 10 nitrogen and oxygen atoms in total. The Bertz CT molecular complexity index is 1290. The number of hydrogen-bond acceptors (Lipinski definition) is 10. The molecule has 12 heteroatoms. The highest BCUT2D eigenvalue weighted by Gasteiger charge is 2.47. The maximum absolute atomic E-state index is 13.0. The maximum atomic E-state index is 13.0. The Morgan fingerprint density at radius 1 is 0.838 bits per heavy atom. The van der Waals surface area contributed by atoms with Gasteiger partial charge in [-0.1, -0.05) is 12.1 Å². The molecule has 4 N–H and O–H groups in total. The molecule has 1 aliphatic rings. The molecule has 5 heterocycles. The summed E-state index contributed by atoms with van der Waals surface area (Å²) in [6.07, 6.45) is 4.07. The highest BCUT2D eigenvalue weighted by atomic mass is 32.1. The second-order valence-corrected chi connectivity index (χ2v) is 10.9. The van der Waals surface area contributed by atoms with Crippen LogP contribution in [0.3, 0.4) is 0 Å². The van der Waals surface area contributed by atoms with Crippen LogP contribution in [-0.2, 0) is 4.79 Å². The first-order chi connectivity index (χ1) is 17.9. The first-order valence-electron chi connectivity index (χ1n) is 11.8. The SMILES string of the molecule is CC(CC1(CC(C)Nc2nccc(-c3cccs3)n2)NC(=O)NC1=O)Nc1nccc(-c2cccs2)n1. The molecule has 1 saturated heterocycles. The fourth-order valence-corrected chi connectivity index (χ4v) is 5.86. The van der Waals surface area contributed by atoms with Gasteiger partial charge < -0.3 is 16.0 Å². The Balaban J connectivity index is 1.28. The smallest absolute Gasteiger partial charge is 0.322 e. The molecule has 2 unspecified atom stereocenters. The van der Waals surface area contributed by atoms with E-state index in [0.29, 0.717) is 24.7 Å². The van der Waals surface area contributed by atoms with Crippen LogP contribution in [0.2, 0.25) is 0 Å². The van der Waals surface area contributed by atoms with Gasteiger partial charge in [0.1, 0.15) is 5.54 Å². The predicted octanol–water partition coefficient (Wildman–Crippen LogP) is 4.38. The van der Waals surface area contributed by atoms with E-state index >= 15 is 0 Å². The summed E-state index contributed by atoms with van der Waals surface area (Å²) in [5.74, 6) is 0.563. The first-order valence-corrected chi connectivity index (χ1v) is 13.6. The van der Waals surface area contributed by atoms with Gasteiger partial charge in [0, 0.05) is 24.5 Å². The third kappa shape index (κ3) is 5.75. The molecule has 0 spiro atoms. The van der Waals surface area contributed by atoms with Gasteiger partial charge in [-0.15, -0.1) is 22.7 Å². The number of thiophene rings is 2. The Labute approximate surface area is 222 Å². The van der Waals surface area contributed by atoms with Crippen molar-refractivity contribution >= 4 is 46.5 Å². The minimum atomic E-state index is -1.12. The van der Waals surface area contributed by atoms with E-state index < -0.39 is 11.6 Å². The van der Waals surface area contributed by atoms with Gasteiger partial charge in [0.25, 0.3) is 5.91 Å². The number of rotatable bonds is 10. The molecule has 5 rings (SSSR count). The van der Waals surface area contributed by atoms with E-state index in [-0.39, 0.29) is 18.0 Å². The number of aromatic nitrogens is 4. The normalized spacial score (nSPS) is 18.6. The number of nitrogens with one attached hydrogen (secondary N) is 4. The molecule has 0 aliphatic carbocycles. The number of anilines is 2. The first kappa shape index (κ1) is 24.8. The van der Waals surface area contributed by atoms with Crippen LogP contribution >= 0.6 is 22.7 Å². The van der Waals surface area contributed by atoms with Crippen LogP contribution in [0.25, 0.3) is 21.1 Å². The highest BCUT2D eigenvalue weighted by molar-refractivity contribution is 7.13. The zero-order chi connectivity index (χ0) is 25.8. The number of urea groups is 1. The number of imide groups is 1. The molecule has 37 heavy (non-hydrogen) atoms. The van der Waals surface area contributed by atoms with Gasteiger partial charge in [-0.25, -0.2) is 24.7 Å². The Hall–Kier alpha value is -3.90. The van der Waals surface area contributed by atoms with Crippen molar-refractivity contribution in [1.29, 1.82) is 0 Å².